The van der Waals surface area contributed by atoms with Crippen molar-refractivity contribution in [3.8, 4) is 0 Å². The molecule has 4 rings (SSSR count). The van der Waals surface area contributed by atoms with E-state index in [9.17, 15) is 19.5 Å². The molecule has 0 aromatic heterocycles. The molecule has 5 atom stereocenters. The lowest BCUT2D eigenvalue weighted by molar-refractivity contribution is -0.153. The van der Waals surface area contributed by atoms with Gasteiger partial charge in [0.25, 0.3) is 0 Å². The van der Waals surface area contributed by atoms with Gasteiger partial charge in [0.15, 0.2) is 0 Å². The summed E-state index contributed by atoms with van der Waals surface area (Å²) in [6, 6.07) is 8.93. The third kappa shape index (κ3) is 4.80. The lowest BCUT2D eigenvalue weighted by Crippen LogP contribution is -2.56. The highest BCUT2D eigenvalue weighted by Gasteiger charge is 2.78. The number of benzene rings is 1. The quantitative estimate of drug-likeness (QED) is 0.317. The van der Waals surface area contributed by atoms with E-state index in [4.69, 9.17) is 4.74 Å². The molecular weight excluding hydrogens is 482 g/mol. The Bertz CT molecular complexity index is 1060. The minimum absolute atomic E-state index is 0.0841. The third-order valence-corrected chi connectivity index (χ3v) is 8.49. The van der Waals surface area contributed by atoms with Crippen molar-refractivity contribution >= 4 is 17.7 Å². The van der Waals surface area contributed by atoms with E-state index in [1.807, 2.05) is 37.3 Å². The molecule has 0 saturated carbocycles. The summed E-state index contributed by atoms with van der Waals surface area (Å²) in [7, 11) is 1.71. The number of hydrogen-bond acceptors (Lipinski definition) is 5. The van der Waals surface area contributed by atoms with Crippen LogP contribution in [0.4, 0.5) is 0 Å². The number of amides is 3. The topological polar surface area (TPSA) is 90.4 Å². The zero-order valence-corrected chi connectivity index (χ0v) is 22.7. The maximum absolute atomic E-state index is 14.4. The number of unbranched alkanes of at least 4 members (excludes halogenated alkanes) is 2. The molecule has 206 valence electrons. The van der Waals surface area contributed by atoms with Gasteiger partial charge in [-0.25, -0.2) is 0 Å². The second-order valence-corrected chi connectivity index (χ2v) is 11.0. The molecule has 2 unspecified atom stereocenters. The number of carbonyl (C=O) groups excluding carboxylic acids is 3. The summed E-state index contributed by atoms with van der Waals surface area (Å²) >= 11 is 0. The molecule has 3 heterocycles. The molecule has 8 heteroatoms. The van der Waals surface area contributed by atoms with Crippen LogP contribution in [0.3, 0.4) is 0 Å². The van der Waals surface area contributed by atoms with E-state index in [0.717, 1.165) is 12.0 Å². The summed E-state index contributed by atoms with van der Waals surface area (Å²) < 4.78 is 6.72. The Morgan fingerprint density at radius 3 is 2.47 bits per heavy atom. The summed E-state index contributed by atoms with van der Waals surface area (Å²) in [5.41, 5.74) is -0.874. The van der Waals surface area contributed by atoms with Crippen molar-refractivity contribution in [2.75, 3.05) is 33.3 Å². The van der Waals surface area contributed by atoms with Crippen LogP contribution < -0.4 is 0 Å². The van der Waals surface area contributed by atoms with Gasteiger partial charge in [0.1, 0.15) is 11.6 Å². The summed E-state index contributed by atoms with van der Waals surface area (Å²) in [6.07, 6.45) is 6.55. The number of aliphatic hydroxyl groups is 1. The summed E-state index contributed by atoms with van der Waals surface area (Å²) in [5, 5.41) is 9.24. The van der Waals surface area contributed by atoms with Gasteiger partial charge < -0.3 is 24.5 Å². The molecule has 3 saturated heterocycles. The van der Waals surface area contributed by atoms with Crippen molar-refractivity contribution in [2.24, 2.45) is 11.8 Å². The van der Waals surface area contributed by atoms with Gasteiger partial charge in [-0.2, -0.15) is 0 Å². The number of likely N-dealkylation sites (tertiary alicyclic amines) is 1. The van der Waals surface area contributed by atoms with Crippen LogP contribution in [0.2, 0.25) is 0 Å². The fraction of sp³-hybridized carbons (Fsp3) is 0.567. The van der Waals surface area contributed by atoms with Crippen LogP contribution in [0.25, 0.3) is 0 Å². The fourth-order valence-electron chi connectivity index (χ4n) is 6.78. The minimum Gasteiger partial charge on any atom is -0.396 e. The largest absolute Gasteiger partial charge is 0.396 e. The highest BCUT2D eigenvalue weighted by atomic mass is 16.5. The SMILES string of the molecule is C=CCN(C)C(=O)[C@@H]1[C@H]2C(=O)N(CCCCCO)C(C(=O)N(CC=C)Cc3ccccc3)C23CC[C@@]1(C)O3. The monoisotopic (exact) mass is 523 g/mol. The first-order chi connectivity index (χ1) is 18.2. The normalized spacial score (nSPS) is 29.3. The zero-order valence-electron chi connectivity index (χ0n) is 22.7. The molecule has 2 bridgehead atoms. The van der Waals surface area contributed by atoms with Crippen molar-refractivity contribution in [1.29, 1.82) is 0 Å². The van der Waals surface area contributed by atoms with Crippen molar-refractivity contribution in [1.82, 2.24) is 14.7 Å². The van der Waals surface area contributed by atoms with Crippen molar-refractivity contribution in [2.45, 2.75) is 62.8 Å². The molecule has 0 aliphatic carbocycles. The maximum Gasteiger partial charge on any atom is 0.248 e. The van der Waals surface area contributed by atoms with E-state index in [-0.39, 0.29) is 24.3 Å². The molecular formula is C30H41N3O5. The predicted molar refractivity (Wildman–Crippen MR) is 145 cm³/mol. The van der Waals surface area contributed by atoms with E-state index in [1.165, 1.54) is 0 Å². The molecule has 3 amide bonds. The average molecular weight is 524 g/mol. The Morgan fingerprint density at radius 1 is 1.11 bits per heavy atom. The average Bonchev–Trinajstić information content (AvgIpc) is 3.47. The van der Waals surface area contributed by atoms with Gasteiger partial charge in [-0.05, 0) is 44.6 Å². The molecule has 3 aliphatic rings. The number of aliphatic hydroxyl groups excluding tert-OH is 1. The lowest BCUT2D eigenvalue weighted by atomic mass is 9.66. The van der Waals surface area contributed by atoms with Crippen molar-refractivity contribution in [3.05, 3.63) is 61.2 Å². The molecule has 1 aromatic rings. The van der Waals surface area contributed by atoms with E-state index < -0.39 is 29.1 Å². The number of nitrogens with zero attached hydrogens (tertiary/aromatic N) is 3. The standard InChI is InChI=1S/C30H41N3O5/c1-5-17-31(4)26(35)23-24-27(36)33(19-11-8-12-20-34)25(30(24)16-15-29(23,3)38-30)28(37)32(18-6-2)21-22-13-9-7-10-14-22/h5-7,9-10,13-14,23-25,34H,1-2,8,11-12,15-21H2,3-4H3/t23-,24-,25?,29+,30?/m0/s1. The first-order valence-corrected chi connectivity index (χ1v) is 13.6. The summed E-state index contributed by atoms with van der Waals surface area (Å²) in [4.78, 5) is 47.2. The van der Waals surface area contributed by atoms with E-state index in [1.54, 1.807) is 33.9 Å². The van der Waals surface area contributed by atoms with Crippen LogP contribution in [-0.2, 0) is 25.7 Å². The van der Waals surface area contributed by atoms with Gasteiger partial charge in [0.05, 0.1) is 17.4 Å². The van der Waals surface area contributed by atoms with Crippen LogP contribution in [0.15, 0.2) is 55.6 Å². The van der Waals surface area contributed by atoms with Gasteiger partial charge in [-0.15, -0.1) is 13.2 Å². The molecule has 1 spiro atoms. The summed E-state index contributed by atoms with van der Waals surface area (Å²) in [5.74, 6) is -1.88. The van der Waals surface area contributed by atoms with Crippen LogP contribution in [0.5, 0.6) is 0 Å². The lowest BCUT2D eigenvalue weighted by Gasteiger charge is -2.37. The molecule has 3 fully saturated rings. The van der Waals surface area contributed by atoms with Crippen LogP contribution >= 0.6 is 0 Å². The number of fused-ring (bicyclic) bond motifs is 1. The highest BCUT2D eigenvalue weighted by molar-refractivity contribution is 5.99. The number of likely N-dealkylation sites (N-methyl/N-ethyl adjacent to an activating group) is 1. The zero-order chi connectivity index (χ0) is 27.5. The number of rotatable bonds is 13. The number of hydrogen-bond donors (Lipinski definition) is 1. The molecule has 3 aliphatic heterocycles. The Hall–Kier alpha value is -2.97. The second-order valence-electron chi connectivity index (χ2n) is 11.0. The van der Waals surface area contributed by atoms with Crippen LogP contribution in [0.1, 0.15) is 44.6 Å². The summed E-state index contributed by atoms with van der Waals surface area (Å²) in [6.45, 7) is 11.1. The van der Waals surface area contributed by atoms with E-state index in [0.29, 0.717) is 51.9 Å². The number of ether oxygens (including phenoxy) is 1. The Kier molecular flexibility index (Phi) is 8.43. The smallest absolute Gasteiger partial charge is 0.248 e. The third-order valence-electron chi connectivity index (χ3n) is 8.49. The Balaban J connectivity index is 1.72. The van der Waals surface area contributed by atoms with Crippen molar-refractivity contribution < 1.29 is 24.2 Å². The first kappa shape index (κ1) is 28.0. The van der Waals surface area contributed by atoms with E-state index in [2.05, 4.69) is 13.2 Å². The van der Waals surface area contributed by atoms with Crippen LogP contribution in [-0.4, -0.2) is 88.1 Å². The Labute approximate surface area is 225 Å². The molecule has 0 radical (unpaired) electrons. The van der Waals surface area contributed by atoms with Gasteiger partial charge >= 0.3 is 0 Å². The fourth-order valence-corrected chi connectivity index (χ4v) is 6.78. The van der Waals surface area contributed by atoms with Gasteiger partial charge in [0.2, 0.25) is 17.7 Å². The van der Waals surface area contributed by atoms with Gasteiger partial charge in [0, 0.05) is 39.8 Å². The Morgan fingerprint density at radius 2 is 1.82 bits per heavy atom. The molecule has 1 N–H and O–H groups in total. The maximum atomic E-state index is 14.4. The van der Waals surface area contributed by atoms with Gasteiger partial charge in [-0.3, -0.25) is 14.4 Å². The predicted octanol–water partition coefficient (Wildman–Crippen LogP) is 2.77. The van der Waals surface area contributed by atoms with Crippen molar-refractivity contribution in [3.63, 3.8) is 0 Å². The highest BCUT2D eigenvalue weighted by Crippen LogP contribution is 2.63. The first-order valence-electron chi connectivity index (χ1n) is 13.6. The number of carbonyl (C=O) groups is 3. The molecule has 38 heavy (non-hydrogen) atoms. The minimum atomic E-state index is -1.05. The second kappa shape index (κ2) is 11.4. The van der Waals surface area contributed by atoms with Crippen LogP contribution in [0, 0.1) is 11.8 Å². The molecule has 8 nitrogen and oxygen atoms in total. The molecule has 1 aromatic carbocycles. The van der Waals surface area contributed by atoms with E-state index >= 15 is 0 Å². The van der Waals surface area contributed by atoms with Gasteiger partial charge in [-0.1, -0.05) is 42.5 Å².